The van der Waals surface area contributed by atoms with Gasteiger partial charge in [-0.1, -0.05) is 34.8 Å². The average Bonchev–Trinajstić information content (AvgIpc) is 3.06. The lowest BCUT2D eigenvalue weighted by molar-refractivity contribution is -0.383. The molecule has 6 nitrogen and oxygen atoms in total. The summed E-state index contributed by atoms with van der Waals surface area (Å²) in [6.45, 7) is 0. The van der Waals surface area contributed by atoms with E-state index in [0.717, 1.165) is 6.07 Å². The summed E-state index contributed by atoms with van der Waals surface area (Å²) < 4.78 is 5.51. The van der Waals surface area contributed by atoms with E-state index in [1.165, 1.54) is 18.2 Å². The molecule has 1 amide bonds. The highest BCUT2D eigenvalue weighted by molar-refractivity contribution is 6.36. The van der Waals surface area contributed by atoms with Crippen LogP contribution < -0.4 is 5.32 Å². The van der Waals surface area contributed by atoms with E-state index in [-0.39, 0.29) is 22.2 Å². The Morgan fingerprint density at radius 1 is 1.00 bits per heavy atom. The predicted octanol–water partition coefficient (Wildman–Crippen LogP) is 6.07. The van der Waals surface area contributed by atoms with Crippen LogP contribution in [0, 0.1) is 10.1 Å². The van der Waals surface area contributed by atoms with E-state index in [4.69, 9.17) is 39.2 Å². The number of carbonyl (C=O) groups is 1. The van der Waals surface area contributed by atoms with Crippen LogP contribution in [0.4, 0.5) is 11.4 Å². The Morgan fingerprint density at radius 2 is 1.69 bits per heavy atom. The molecule has 9 heteroatoms. The van der Waals surface area contributed by atoms with Gasteiger partial charge in [0.2, 0.25) is 0 Å². The Balaban J connectivity index is 1.86. The number of hydrogen-bond donors (Lipinski definition) is 1. The lowest BCUT2D eigenvalue weighted by atomic mass is 10.2. The van der Waals surface area contributed by atoms with E-state index in [0.29, 0.717) is 21.4 Å². The second-order valence-electron chi connectivity index (χ2n) is 5.16. The van der Waals surface area contributed by atoms with Crippen LogP contribution in [-0.4, -0.2) is 10.8 Å². The van der Waals surface area contributed by atoms with Crippen LogP contribution in [0.2, 0.25) is 15.1 Å². The molecule has 0 unspecified atom stereocenters. The monoisotopic (exact) mass is 410 g/mol. The molecular formula is C17H9Cl3N2O4. The Bertz CT molecular complexity index is 1020. The van der Waals surface area contributed by atoms with Crippen LogP contribution in [0.1, 0.15) is 10.6 Å². The number of amides is 1. The van der Waals surface area contributed by atoms with Gasteiger partial charge in [-0.2, -0.15) is 0 Å². The van der Waals surface area contributed by atoms with Crippen LogP contribution in [0.3, 0.4) is 0 Å². The van der Waals surface area contributed by atoms with E-state index in [9.17, 15) is 14.9 Å². The van der Waals surface area contributed by atoms with Gasteiger partial charge in [-0.15, -0.1) is 0 Å². The first-order valence-electron chi connectivity index (χ1n) is 7.15. The van der Waals surface area contributed by atoms with E-state index in [1.807, 2.05) is 0 Å². The number of benzene rings is 2. The van der Waals surface area contributed by atoms with Crippen molar-refractivity contribution in [2.75, 3.05) is 5.32 Å². The smallest absolute Gasteiger partial charge is 0.294 e. The number of carbonyl (C=O) groups excluding carboxylic acids is 1. The number of rotatable bonds is 4. The van der Waals surface area contributed by atoms with E-state index in [2.05, 4.69) is 5.32 Å². The maximum absolute atomic E-state index is 12.3. The minimum Gasteiger partial charge on any atom is -0.451 e. The SMILES string of the molecule is O=C(Nc1ccc(Cl)cc1[N+](=O)[O-])c1ccc(-c2ccc(Cl)cc2Cl)o1. The van der Waals surface area contributed by atoms with Crippen molar-refractivity contribution in [3.63, 3.8) is 0 Å². The summed E-state index contributed by atoms with van der Waals surface area (Å²) in [5.41, 5.74) is 0.248. The molecule has 0 radical (unpaired) electrons. The first-order valence-corrected chi connectivity index (χ1v) is 8.29. The zero-order valence-electron chi connectivity index (χ0n) is 12.8. The number of nitro benzene ring substituents is 1. The number of anilines is 1. The molecule has 1 N–H and O–H groups in total. The van der Waals surface area contributed by atoms with Crippen LogP contribution in [0.5, 0.6) is 0 Å². The first kappa shape index (κ1) is 18.3. The van der Waals surface area contributed by atoms with Gasteiger partial charge in [-0.3, -0.25) is 14.9 Å². The summed E-state index contributed by atoms with van der Waals surface area (Å²) >= 11 is 17.7. The van der Waals surface area contributed by atoms with Crippen molar-refractivity contribution in [1.82, 2.24) is 0 Å². The number of nitrogens with zero attached hydrogens (tertiary/aromatic N) is 1. The Morgan fingerprint density at radius 3 is 2.38 bits per heavy atom. The summed E-state index contributed by atoms with van der Waals surface area (Å²) in [5, 5.41) is 14.6. The first-order chi connectivity index (χ1) is 12.3. The van der Waals surface area contributed by atoms with Gasteiger partial charge in [0.15, 0.2) is 5.76 Å². The fourth-order valence-electron chi connectivity index (χ4n) is 2.24. The van der Waals surface area contributed by atoms with Crippen molar-refractivity contribution in [2.45, 2.75) is 0 Å². The molecule has 0 spiro atoms. The summed E-state index contributed by atoms with van der Waals surface area (Å²) in [6, 6.07) is 11.8. The third kappa shape index (κ3) is 3.83. The molecule has 0 aliphatic heterocycles. The van der Waals surface area contributed by atoms with Crippen molar-refractivity contribution < 1.29 is 14.1 Å². The summed E-state index contributed by atoms with van der Waals surface area (Å²) in [5.74, 6) is -0.315. The molecule has 0 aliphatic carbocycles. The molecule has 0 saturated heterocycles. The van der Waals surface area contributed by atoms with Gasteiger partial charge in [0.1, 0.15) is 11.4 Å². The minimum absolute atomic E-state index is 0.00637. The average molecular weight is 412 g/mol. The molecule has 26 heavy (non-hydrogen) atoms. The highest BCUT2D eigenvalue weighted by atomic mass is 35.5. The molecule has 132 valence electrons. The summed E-state index contributed by atoms with van der Waals surface area (Å²) in [6.07, 6.45) is 0. The Kier molecular flexibility index (Phi) is 5.18. The van der Waals surface area contributed by atoms with Crippen molar-refractivity contribution in [3.8, 4) is 11.3 Å². The molecule has 3 aromatic rings. The number of hydrogen-bond acceptors (Lipinski definition) is 4. The van der Waals surface area contributed by atoms with Crippen LogP contribution in [0.15, 0.2) is 52.9 Å². The molecule has 0 saturated carbocycles. The predicted molar refractivity (Wildman–Crippen MR) is 100 cm³/mol. The van der Waals surface area contributed by atoms with Crippen molar-refractivity contribution >= 4 is 52.1 Å². The molecule has 0 atom stereocenters. The molecule has 1 aromatic heterocycles. The van der Waals surface area contributed by atoms with Gasteiger partial charge >= 0.3 is 0 Å². The molecule has 0 aliphatic rings. The highest BCUT2D eigenvalue weighted by Gasteiger charge is 2.20. The van der Waals surface area contributed by atoms with Crippen molar-refractivity contribution in [3.05, 3.63) is 79.5 Å². The highest BCUT2D eigenvalue weighted by Crippen LogP contribution is 2.32. The van der Waals surface area contributed by atoms with Gasteiger partial charge in [0.05, 0.1) is 9.95 Å². The topological polar surface area (TPSA) is 85.4 Å². The molecule has 1 heterocycles. The largest absolute Gasteiger partial charge is 0.451 e. The molecule has 3 rings (SSSR count). The summed E-state index contributed by atoms with van der Waals surface area (Å²) in [4.78, 5) is 22.8. The lowest BCUT2D eigenvalue weighted by Gasteiger charge is -2.05. The standard InChI is InChI=1S/C17H9Cl3N2O4/c18-9-1-3-11(12(20)7-9)15-5-6-16(26-15)17(23)21-13-4-2-10(19)8-14(13)22(24)25/h1-8H,(H,21,23). The third-order valence-corrected chi connectivity index (χ3v) is 4.21. The third-order valence-electron chi connectivity index (χ3n) is 3.43. The van der Waals surface area contributed by atoms with Gasteiger partial charge in [0, 0.05) is 21.7 Å². The molecular weight excluding hydrogens is 403 g/mol. The molecule has 2 aromatic carbocycles. The molecule has 0 fully saturated rings. The fourth-order valence-corrected chi connectivity index (χ4v) is 2.91. The Labute approximate surface area is 162 Å². The minimum atomic E-state index is -0.647. The van der Waals surface area contributed by atoms with Crippen LogP contribution >= 0.6 is 34.8 Å². The van der Waals surface area contributed by atoms with Crippen molar-refractivity contribution in [1.29, 1.82) is 0 Å². The number of furan rings is 1. The number of nitro groups is 1. The van der Waals surface area contributed by atoms with Crippen LogP contribution in [0.25, 0.3) is 11.3 Å². The van der Waals surface area contributed by atoms with Gasteiger partial charge in [-0.25, -0.2) is 0 Å². The number of halogens is 3. The van der Waals surface area contributed by atoms with E-state index >= 15 is 0 Å². The summed E-state index contributed by atoms with van der Waals surface area (Å²) in [7, 11) is 0. The maximum Gasteiger partial charge on any atom is 0.294 e. The van der Waals surface area contributed by atoms with Gasteiger partial charge < -0.3 is 9.73 Å². The zero-order valence-corrected chi connectivity index (χ0v) is 15.1. The Hall–Kier alpha value is -2.54. The second kappa shape index (κ2) is 7.37. The number of nitrogens with one attached hydrogen (secondary N) is 1. The van der Waals surface area contributed by atoms with E-state index in [1.54, 1.807) is 24.3 Å². The second-order valence-corrected chi connectivity index (χ2v) is 6.44. The van der Waals surface area contributed by atoms with Gasteiger partial charge in [0.25, 0.3) is 11.6 Å². The quantitative estimate of drug-likeness (QED) is 0.417. The maximum atomic E-state index is 12.3. The normalized spacial score (nSPS) is 10.6. The van der Waals surface area contributed by atoms with Crippen LogP contribution in [-0.2, 0) is 0 Å². The fraction of sp³-hybridized carbons (Fsp3) is 0. The van der Waals surface area contributed by atoms with Crippen molar-refractivity contribution in [2.24, 2.45) is 0 Å². The zero-order chi connectivity index (χ0) is 18.8. The lowest BCUT2D eigenvalue weighted by Crippen LogP contribution is -2.12. The molecule has 0 bridgehead atoms. The van der Waals surface area contributed by atoms with E-state index < -0.39 is 10.8 Å². The van der Waals surface area contributed by atoms with Gasteiger partial charge in [-0.05, 0) is 42.5 Å².